The van der Waals surface area contributed by atoms with Crippen molar-refractivity contribution >= 4 is 11.7 Å². The molecule has 3 aromatic carbocycles. The van der Waals surface area contributed by atoms with Crippen molar-refractivity contribution in [3.05, 3.63) is 101 Å². The Labute approximate surface area is 173 Å². The van der Waals surface area contributed by atoms with Crippen molar-refractivity contribution in [3.63, 3.8) is 0 Å². The number of rotatable bonds is 7. The highest BCUT2D eigenvalue weighted by atomic mass is 19.1. The number of nitrogens with zero attached hydrogens (tertiary/aromatic N) is 1. The average molecular weight is 409 g/mol. The molecule has 0 aromatic heterocycles. The highest BCUT2D eigenvalue weighted by molar-refractivity contribution is 6.09. The van der Waals surface area contributed by atoms with Gasteiger partial charge in [0.2, 0.25) is 0 Å². The highest BCUT2D eigenvalue weighted by Gasteiger charge is 2.18. The van der Waals surface area contributed by atoms with E-state index in [0.29, 0.717) is 16.9 Å². The first-order chi connectivity index (χ1) is 14.3. The van der Waals surface area contributed by atoms with Crippen LogP contribution in [0.1, 0.15) is 34.5 Å². The van der Waals surface area contributed by atoms with Gasteiger partial charge in [-0.1, -0.05) is 12.1 Å². The van der Waals surface area contributed by atoms with Gasteiger partial charge in [-0.2, -0.15) is 0 Å². The summed E-state index contributed by atoms with van der Waals surface area (Å²) in [5, 5.41) is 0. The molecule has 30 heavy (non-hydrogen) atoms. The molecule has 4 nitrogen and oxygen atoms in total. The second-order valence-corrected chi connectivity index (χ2v) is 6.88. The first-order valence-electron chi connectivity index (χ1n) is 9.39. The largest absolute Gasteiger partial charge is 0.484 e. The Hall–Kier alpha value is -3.54. The summed E-state index contributed by atoms with van der Waals surface area (Å²) < 4.78 is 31.6. The van der Waals surface area contributed by atoms with Crippen LogP contribution in [0.2, 0.25) is 0 Å². The van der Waals surface area contributed by atoms with Crippen LogP contribution in [0.25, 0.3) is 0 Å². The van der Waals surface area contributed by atoms with Crippen LogP contribution in [0, 0.1) is 11.6 Å². The molecule has 0 saturated heterocycles. The maximum Gasteiger partial charge on any atom is 0.260 e. The SMILES string of the molecule is CC(c1ccc(F)cc1)N(C)C(=O)COc1ccc(C(=O)c2ccc(F)cc2)cc1. The molecule has 6 heteroatoms. The van der Waals surface area contributed by atoms with E-state index in [2.05, 4.69) is 0 Å². The van der Waals surface area contributed by atoms with Crippen LogP contribution in [0.4, 0.5) is 8.78 Å². The number of hydrogen-bond donors (Lipinski definition) is 0. The van der Waals surface area contributed by atoms with Gasteiger partial charge in [-0.15, -0.1) is 0 Å². The number of carbonyl (C=O) groups excluding carboxylic acids is 2. The van der Waals surface area contributed by atoms with Crippen molar-refractivity contribution in [3.8, 4) is 5.75 Å². The number of amides is 1. The van der Waals surface area contributed by atoms with E-state index in [4.69, 9.17) is 4.74 Å². The molecular formula is C24H21F2NO3. The summed E-state index contributed by atoms with van der Waals surface area (Å²) in [6, 6.07) is 17.5. The van der Waals surface area contributed by atoms with E-state index in [1.54, 1.807) is 43.4 Å². The Morgan fingerprint density at radius 2 is 1.30 bits per heavy atom. The molecule has 0 aliphatic rings. The summed E-state index contributed by atoms with van der Waals surface area (Å²) in [5.74, 6) is -0.756. The lowest BCUT2D eigenvalue weighted by molar-refractivity contribution is -0.134. The zero-order valence-corrected chi connectivity index (χ0v) is 16.6. The molecule has 0 heterocycles. The molecule has 0 fully saturated rings. The summed E-state index contributed by atoms with van der Waals surface area (Å²) in [5.41, 5.74) is 1.63. The molecule has 0 radical (unpaired) electrons. The first-order valence-corrected chi connectivity index (χ1v) is 9.39. The van der Waals surface area contributed by atoms with E-state index in [0.717, 1.165) is 5.56 Å². The van der Waals surface area contributed by atoms with Gasteiger partial charge < -0.3 is 9.64 Å². The van der Waals surface area contributed by atoms with Crippen LogP contribution in [-0.4, -0.2) is 30.2 Å². The van der Waals surface area contributed by atoms with Gasteiger partial charge in [-0.3, -0.25) is 9.59 Å². The van der Waals surface area contributed by atoms with Crippen LogP contribution in [0.5, 0.6) is 5.75 Å². The molecule has 0 bridgehead atoms. The molecule has 1 unspecified atom stereocenters. The van der Waals surface area contributed by atoms with Gasteiger partial charge in [0.25, 0.3) is 5.91 Å². The topological polar surface area (TPSA) is 46.6 Å². The summed E-state index contributed by atoms with van der Waals surface area (Å²) in [6.07, 6.45) is 0. The van der Waals surface area contributed by atoms with Crippen molar-refractivity contribution in [1.29, 1.82) is 0 Å². The molecule has 0 N–H and O–H groups in total. The molecule has 1 amide bonds. The van der Waals surface area contributed by atoms with Crippen LogP contribution in [-0.2, 0) is 4.79 Å². The minimum absolute atomic E-state index is 0.173. The van der Waals surface area contributed by atoms with Crippen molar-refractivity contribution < 1.29 is 23.1 Å². The first kappa shape index (κ1) is 21.2. The Morgan fingerprint density at radius 3 is 1.83 bits per heavy atom. The summed E-state index contributed by atoms with van der Waals surface area (Å²) >= 11 is 0. The molecule has 0 aliphatic carbocycles. The second kappa shape index (κ2) is 9.31. The maximum absolute atomic E-state index is 13.1. The third-order valence-corrected chi connectivity index (χ3v) is 4.91. The lowest BCUT2D eigenvalue weighted by Gasteiger charge is -2.25. The molecule has 0 aliphatic heterocycles. The van der Waals surface area contributed by atoms with Crippen molar-refractivity contribution in [2.45, 2.75) is 13.0 Å². The average Bonchev–Trinajstić information content (AvgIpc) is 2.77. The van der Waals surface area contributed by atoms with E-state index >= 15 is 0 Å². The molecule has 3 aromatic rings. The number of likely N-dealkylation sites (N-methyl/N-ethyl adjacent to an activating group) is 1. The molecule has 0 saturated carbocycles. The molecule has 0 spiro atoms. The highest BCUT2D eigenvalue weighted by Crippen LogP contribution is 2.20. The molecular weight excluding hydrogens is 388 g/mol. The van der Waals surface area contributed by atoms with Gasteiger partial charge in [0.05, 0.1) is 6.04 Å². The Morgan fingerprint density at radius 1 is 0.833 bits per heavy atom. The van der Waals surface area contributed by atoms with E-state index in [9.17, 15) is 18.4 Å². The summed E-state index contributed by atoms with van der Waals surface area (Å²) in [6.45, 7) is 1.67. The predicted molar refractivity (Wildman–Crippen MR) is 109 cm³/mol. The fourth-order valence-electron chi connectivity index (χ4n) is 2.90. The molecule has 1 atom stereocenters. The van der Waals surface area contributed by atoms with Gasteiger partial charge in [0.15, 0.2) is 12.4 Å². The van der Waals surface area contributed by atoms with E-state index in [1.807, 2.05) is 6.92 Å². The number of ketones is 1. The Bertz CT molecular complexity index is 1020. The maximum atomic E-state index is 13.1. The van der Waals surface area contributed by atoms with Crippen molar-refractivity contribution in [2.24, 2.45) is 0 Å². The third-order valence-electron chi connectivity index (χ3n) is 4.91. The predicted octanol–water partition coefficient (Wildman–Crippen LogP) is 4.79. The Balaban J connectivity index is 1.57. The Kier molecular flexibility index (Phi) is 6.57. The molecule has 154 valence electrons. The standard InChI is InChI=1S/C24H21F2NO3/c1-16(17-3-9-20(25)10-4-17)27(2)23(28)15-30-22-13-7-19(8-14-22)24(29)18-5-11-21(26)12-6-18/h3-14,16H,15H2,1-2H3. The number of halogens is 2. The molecule has 3 rings (SSSR count). The number of benzene rings is 3. The van der Waals surface area contributed by atoms with Gasteiger partial charge in [0, 0.05) is 18.2 Å². The number of hydrogen-bond acceptors (Lipinski definition) is 3. The van der Waals surface area contributed by atoms with Gasteiger partial charge >= 0.3 is 0 Å². The monoisotopic (exact) mass is 409 g/mol. The van der Waals surface area contributed by atoms with Crippen LogP contribution < -0.4 is 4.74 Å². The van der Waals surface area contributed by atoms with Crippen LogP contribution >= 0.6 is 0 Å². The van der Waals surface area contributed by atoms with Crippen molar-refractivity contribution in [2.75, 3.05) is 13.7 Å². The zero-order valence-electron chi connectivity index (χ0n) is 16.6. The van der Waals surface area contributed by atoms with Crippen LogP contribution in [0.3, 0.4) is 0 Å². The van der Waals surface area contributed by atoms with Crippen LogP contribution in [0.15, 0.2) is 72.8 Å². The van der Waals surface area contributed by atoms with Gasteiger partial charge in [-0.05, 0) is 73.2 Å². The summed E-state index contributed by atoms with van der Waals surface area (Å²) in [4.78, 5) is 26.4. The minimum Gasteiger partial charge on any atom is -0.484 e. The van der Waals surface area contributed by atoms with Crippen molar-refractivity contribution in [1.82, 2.24) is 4.90 Å². The minimum atomic E-state index is -0.404. The third kappa shape index (κ3) is 5.08. The van der Waals surface area contributed by atoms with Gasteiger partial charge in [0.1, 0.15) is 17.4 Å². The van der Waals surface area contributed by atoms with E-state index in [-0.39, 0.29) is 30.2 Å². The zero-order chi connectivity index (χ0) is 21.7. The number of carbonyl (C=O) groups is 2. The fraction of sp³-hybridized carbons (Fsp3) is 0.167. The van der Waals surface area contributed by atoms with E-state index in [1.165, 1.54) is 41.3 Å². The lowest BCUT2D eigenvalue weighted by atomic mass is 10.0. The number of ether oxygens (including phenoxy) is 1. The van der Waals surface area contributed by atoms with Gasteiger partial charge in [-0.25, -0.2) is 8.78 Å². The smallest absolute Gasteiger partial charge is 0.260 e. The summed E-state index contributed by atoms with van der Waals surface area (Å²) in [7, 11) is 1.66. The van der Waals surface area contributed by atoms with E-state index < -0.39 is 5.82 Å². The second-order valence-electron chi connectivity index (χ2n) is 6.88. The normalized spacial score (nSPS) is 11.6. The lowest BCUT2D eigenvalue weighted by Crippen LogP contribution is -2.33. The fourth-order valence-corrected chi connectivity index (χ4v) is 2.90. The quantitative estimate of drug-likeness (QED) is 0.527.